The van der Waals surface area contributed by atoms with E-state index in [9.17, 15) is 0 Å². The lowest BCUT2D eigenvalue weighted by atomic mass is 9.89. The standard InChI is InChI=1S/C43H35Cl/c44-30-31-11-7-16-34(23-31)37-19-10-22-40(26-37)43-28-41(38-20-8-17-35(24-38)32-12-3-1-4-13-32)27-42(29-43)39-21-9-18-36(25-39)33-14-5-2-6-15-33/h1,3,5,7-12,14-29H,2,4,6,13,30H2. The van der Waals surface area contributed by atoms with Crippen molar-refractivity contribution in [3.8, 4) is 44.5 Å². The van der Waals surface area contributed by atoms with Gasteiger partial charge in [-0.3, -0.25) is 0 Å². The highest BCUT2D eigenvalue weighted by atomic mass is 35.5. The first-order chi connectivity index (χ1) is 21.7. The summed E-state index contributed by atoms with van der Waals surface area (Å²) in [6.45, 7) is 0. The van der Waals surface area contributed by atoms with Crippen LogP contribution in [0.5, 0.6) is 0 Å². The number of rotatable bonds is 7. The third-order valence-corrected chi connectivity index (χ3v) is 8.96. The molecule has 214 valence electrons. The Morgan fingerprint density at radius 3 is 1.59 bits per heavy atom. The summed E-state index contributed by atoms with van der Waals surface area (Å²) in [5.41, 5.74) is 16.1. The second kappa shape index (κ2) is 12.9. The Morgan fingerprint density at radius 1 is 0.477 bits per heavy atom. The summed E-state index contributed by atoms with van der Waals surface area (Å²) >= 11 is 6.17. The lowest BCUT2D eigenvalue weighted by Gasteiger charge is -2.15. The number of hydrogen-bond donors (Lipinski definition) is 0. The van der Waals surface area contributed by atoms with E-state index >= 15 is 0 Å². The second-order valence-electron chi connectivity index (χ2n) is 11.7. The summed E-state index contributed by atoms with van der Waals surface area (Å²) in [6, 6.07) is 42.5. The van der Waals surface area contributed by atoms with E-state index < -0.39 is 0 Å². The predicted molar refractivity (Wildman–Crippen MR) is 190 cm³/mol. The van der Waals surface area contributed by atoms with Gasteiger partial charge < -0.3 is 0 Å². The Labute approximate surface area is 266 Å². The summed E-state index contributed by atoms with van der Waals surface area (Å²) < 4.78 is 0. The minimum atomic E-state index is 0.511. The summed E-state index contributed by atoms with van der Waals surface area (Å²) in [6.07, 6.45) is 18.0. The minimum absolute atomic E-state index is 0.511. The zero-order chi connectivity index (χ0) is 29.7. The van der Waals surface area contributed by atoms with E-state index in [1.807, 2.05) is 0 Å². The van der Waals surface area contributed by atoms with Crippen LogP contribution in [0.1, 0.15) is 42.4 Å². The lowest BCUT2D eigenvalue weighted by molar-refractivity contribution is 1.04. The Morgan fingerprint density at radius 2 is 1.00 bits per heavy atom. The molecule has 0 amide bonds. The molecular formula is C43H35Cl. The minimum Gasteiger partial charge on any atom is -0.122 e. The Kier molecular flexibility index (Phi) is 8.26. The van der Waals surface area contributed by atoms with Crippen LogP contribution in [0.3, 0.4) is 0 Å². The molecule has 0 unspecified atom stereocenters. The molecule has 0 nitrogen and oxygen atoms in total. The van der Waals surface area contributed by atoms with Crippen LogP contribution in [0, 0.1) is 0 Å². The van der Waals surface area contributed by atoms with E-state index in [4.69, 9.17) is 11.6 Å². The van der Waals surface area contributed by atoms with Crippen LogP contribution < -0.4 is 0 Å². The van der Waals surface area contributed by atoms with Crippen LogP contribution in [-0.4, -0.2) is 0 Å². The van der Waals surface area contributed by atoms with Gasteiger partial charge >= 0.3 is 0 Å². The number of hydrogen-bond acceptors (Lipinski definition) is 0. The molecule has 2 aliphatic carbocycles. The normalized spacial score (nSPS) is 14.3. The zero-order valence-electron chi connectivity index (χ0n) is 24.8. The smallest absolute Gasteiger partial charge is 0.0474 e. The van der Waals surface area contributed by atoms with Crippen molar-refractivity contribution >= 4 is 22.7 Å². The second-order valence-corrected chi connectivity index (χ2v) is 11.9. The van der Waals surface area contributed by atoms with Crippen LogP contribution in [0.4, 0.5) is 0 Å². The highest BCUT2D eigenvalue weighted by Crippen LogP contribution is 2.37. The third kappa shape index (κ3) is 6.18. The number of allylic oxidation sites excluding steroid dienone is 8. The highest BCUT2D eigenvalue weighted by Gasteiger charge is 2.12. The Bertz CT molecular complexity index is 1950. The van der Waals surface area contributed by atoms with Crippen LogP contribution in [0.2, 0.25) is 0 Å². The first kappa shape index (κ1) is 28.1. The van der Waals surface area contributed by atoms with Gasteiger partial charge in [-0.25, -0.2) is 0 Å². The SMILES string of the molecule is ClCc1cccc(-c2cccc(-c3cc(-c4cccc(C5=CCCC=C5)c4)cc(-c4cccc(C5=CC=CCC5)c4)c3)c2)c1. The summed E-state index contributed by atoms with van der Waals surface area (Å²) in [4.78, 5) is 0. The van der Waals surface area contributed by atoms with Gasteiger partial charge in [0.2, 0.25) is 0 Å². The lowest BCUT2D eigenvalue weighted by Crippen LogP contribution is -1.91. The Balaban J connectivity index is 1.36. The van der Waals surface area contributed by atoms with Gasteiger partial charge in [0.05, 0.1) is 0 Å². The fraction of sp³-hybridized carbons (Fsp3) is 0.116. The molecule has 5 aromatic carbocycles. The van der Waals surface area contributed by atoms with Crippen molar-refractivity contribution in [1.82, 2.24) is 0 Å². The van der Waals surface area contributed by atoms with Crippen LogP contribution in [0.15, 0.2) is 152 Å². The van der Waals surface area contributed by atoms with Crippen LogP contribution in [-0.2, 0) is 5.88 Å². The van der Waals surface area contributed by atoms with Gasteiger partial charge in [-0.1, -0.05) is 109 Å². The predicted octanol–water partition coefficient (Wildman–Crippen LogP) is 12.6. The van der Waals surface area contributed by atoms with Crippen molar-refractivity contribution in [2.24, 2.45) is 0 Å². The number of benzene rings is 5. The van der Waals surface area contributed by atoms with E-state index in [-0.39, 0.29) is 0 Å². The van der Waals surface area contributed by atoms with Gasteiger partial charge in [-0.2, -0.15) is 0 Å². The monoisotopic (exact) mass is 586 g/mol. The quantitative estimate of drug-likeness (QED) is 0.166. The number of alkyl halides is 1. The van der Waals surface area contributed by atoms with Crippen molar-refractivity contribution in [2.45, 2.75) is 31.6 Å². The van der Waals surface area contributed by atoms with Gasteiger partial charge in [0.15, 0.2) is 0 Å². The topological polar surface area (TPSA) is 0 Å². The largest absolute Gasteiger partial charge is 0.122 e. The molecule has 0 saturated heterocycles. The van der Waals surface area contributed by atoms with E-state index in [1.165, 1.54) is 66.8 Å². The maximum atomic E-state index is 6.17. The van der Waals surface area contributed by atoms with E-state index in [0.29, 0.717) is 5.88 Å². The van der Waals surface area contributed by atoms with E-state index in [0.717, 1.165) is 31.2 Å². The molecule has 0 fully saturated rings. The highest BCUT2D eigenvalue weighted by molar-refractivity contribution is 6.17. The zero-order valence-corrected chi connectivity index (χ0v) is 25.6. The molecule has 0 bridgehead atoms. The summed E-state index contributed by atoms with van der Waals surface area (Å²) in [5.74, 6) is 0.511. The van der Waals surface area contributed by atoms with Crippen molar-refractivity contribution in [2.75, 3.05) is 0 Å². The molecule has 0 aliphatic heterocycles. The van der Waals surface area contributed by atoms with Crippen LogP contribution >= 0.6 is 11.6 Å². The average molecular weight is 587 g/mol. The van der Waals surface area contributed by atoms with Crippen LogP contribution in [0.25, 0.3) is 55.7 Å². The molecule has 0 saturated carbocycles. The van der Waals surface area contributed by atoms with Gasteiger partial charge in [-0.05, 0) is 140 Å². The van der Waals surface area contributed by atoms with Gasteiger partial charge in [0, 0.05) is 5.88 Å². The van der Waals surface area contributed by atoms with Crippen molar-refractivity contribution in [3.63, 3.8) is 0 Å². The molecule has 0 spiro atoms. The molecule has 0 radical (unpaired) electrons. The van der Waals surface area contributed by atoms with Crippen molar-refractivity contribution in [1.29, 1.82) is 0 Å². The third-order valence-electron chi connectivity index (χ3n) is 8.65. The van der Waals surface area contributed by atoms with E-state index in [1.54, 1.807) is 0 Å². The average Bonchev–Trinajstić information content (AvgIpc) is 3.12. The molecule has 5 aromatic rings. The molecule has 44 heavy (non-hydrogen) atoms. The molecule has 0 aromatic heterocycles. The molecule has 7 rings (SSSR count). The van der Waals surface area contributed by atoms with E-state index in [2.05, 4.69) is 152 Å². The first-order valence-electron chi connectivity index (χ1n) is 15.6. The fourth-order valence-corrected chi connectivity index (χ4v) is 6.45. The summed E-state index contributed by atoms with van der Waals surface area (Å²) in [5, 5.41) is 0. The van der Waals surface area contributed by atoms with Gasteiger partial charge in [-0.15, -0.1) is 11.6 Å². The molecule has 0 heterocycles. The number of halogens is 1. The Hall–Kier alpha value is -4.65. The van der Waals surface area contributed by atoms with Gasteiger partial charge in [0.1, 0.15) is 0 Å². The maximum Gasteiger partial charge on any atom is 0.0474 e. The molecular weight excluding hydrogens is 552 g/mol. The molecule has 0 atom stereocenters. The summed E-state index contributed by atoms with van der Waals surface area (Å²) in [7, 11) is 0. The molecule has 0 N–H and O–H groups in total. The molecule has 2 aliphatic rings. The van der Waals surface area contributed by atoms with Crippen molar-refractivity contribution < 1.29 is 0 Å². The molecule has 1 heteroatoms. The first-order valence-corrected chi connectivity index (χ1v) is 16.1. The maximum absolute atomic E-state index is 6.17. The van der Waals surface area contributed by atoms with Gasteiger partial charge in [0.25, 0.3) is 0 Å². The van der Waals surface area contributed by atoms with Crippen molar-refractivity contribution in [3.05, 3.63) is 168 Å². The fourth-order valence-electron chi connectivity index (χ4n) is 6.29.